The summed E-state index contributed by atoms with van der Waals surface area (Å²) >= 11 is 1.75. The standard InChI is InChI=1S/C15H23NO3S2/c17-15(4-9-21(18,19)10-5-15)12-16-6-1-13(2-7-16)14-3-8-20-11-14/h3,8,11,13,17H,1-2,4-7,9-10,12H2. The minimum absolute atomic E-state index is 0.134. The van der Waals surface area contributed by atoms with Crippen molar-refractivity contribution in [3.8, 4) is 0 Å². The van der Waals surface area contributed by atoms with Gasteiger partial charge in [0, 0.05) is 6.54 Å². The Bertz CT molecular complexity index is 546. The van der Waals surface area contributed by atoms with Crippen LogP contribution in [0.5, 0.6) is 0 Å². The number of thiophene rings is 1. The average Bonchev–Trinajstić information content (AvgIpc) is 2.98. The first-order chi connectivity index (χ1) is 9.96. The lowest BCUT2D eigenvalue weighted by molar-refractivity contribution is -0.0105. The molecule has 0 aliphatic carbocycles. The van der Waals surface area contributed by atoms with Gasteiger partial charge in [-0.05, 0) is 67.1 Å². The summed E-state index contributed by atoms with van der Waals surface area (Å²) in [4.78, 5) is 2.31. The molecule has 0 radical (unpaired) electrons. The average molecular weight is 329 g/mol. The third-order valence-corrected chi connectivity index (χ3v) is 7.23. The minimum atomic E-state index is -2.91. The molecule has 4 nitrogen and oxygen atoms in total. The van der Waals surface area contributed by atoms with E-state index in [1.807, 2.05) is 0 Å². The second kappa shape index (κ2) is 5.99. The summed E-state index contributed by atoms with van der Waals surface area (Å²) in [5, 5.41) is 15.0. The number of rotatable bonds is 3. The number of hydrogen-bond acceptors (Lipinski definition) is 5. The Morgan fingerprint density at radius 2 is 1.95 bits per heavy atom. The third kappa shape index (κ3) is 3.86. The van der Waals surface area contributed by atoms with E-state index in [4.69, 9.17) is 0 Å². The highest BCUT2D eigenvalue weighted by molar-refractivity contribution is 7.91. The lowest BCUT2D eigenvalue weighted by Crippen LogP contribution is -2.49. The molecule has 0 saturated carbocycles. The van der Waals surface area contributed by atoms with E-state index >= 15 is 0 Å². The first-order valence-corrected chi connectivity index (χ1v) is 10.4. The van der Waals surface area contributed by atoms with Crippen LogP contribution in [0.3, 0.4) is 0 Å². The quantitative estimate of drug-likeness (QED) is 0.920. The number of likely N-dealkylation sites (tertiary alicyclic amines) is 1. The molecule has 0 atom stereocenters. The van der Waals surface area contributed by atoms with Gasteiger partial charge in [0.1, 0.15) is 0 Å². The van der Waals surface area contributed by atoms with E-state index in [0.29, 0.717) is 25.3 Å². The fourth-order valence-corrected chi connectivity index (χ4v) is 5.75. The Balaban J connectivity index is 1.51. The fourth-order valence-electron chi connectivity index (χ4n) is 3.42. The first-order valence-electron chi connectivity index (χ1n) is 7.63. The molecule has 1 N–H and O–H groups in total. The molecule has 1 aromatic heterocycles. The molecule has 118 valence electrons. The smallest absolute Gasteiger partial charge is 0.150 e. The predicted molar refractivity (Wildman–Crippen MR) is 85.6 cm³/mol. The molecule has 0 aromatic carbocycles. The number of β-amino-alcohol motifs (C(OH)–C–C–N with tert-alkyl or cyclic N) is 1. The summed E-state index contributed by atoms with van der Waals surface area (Å²) in [5.74, 6) is 0.915. The van der Waals surface area contributed by atoms with Gasteiger partial charge in [-0.2, -0.15) is 11.3 Å². The van der Waals surface area contributed by atoms with E-state index in [0.717, 1.165) is 25.9 Å². The summed E-state index contributed by atoms with van der Waals surface area (Å²) in [7, 11) is -2.91. The highest BCUT2D eigenvalue weighted by Crippen LogP contribution is 2.31. The van der Waals surface area contributed by atoms with Crippen LogP contribution in [0.1, 0.15) is 37.2 Å². The molecule has 0 unspecified atom stereocenters. The Kier molecular flexibility index (Phi) is 4.41. The highest BCUT2D eigenvalue weighted by atomic mass is 32.2. The number of hydrogen-bond donors (Lipinski definition) is 1. The molecule has 3 rings (SSSR count). The zero-order chi connectivity index (χ0) is 14.9. The zero-order valence-corrected chi connectivity index (χ0v) is 13.8. The van der Waals surface area contributed by atoms with E-state index < -0.39 is 15.4 Å². The SMILES string of the molecule is O=S1(=O)CCC(O)(CN2CCC(c3ccsc3)CC2)CC1. The van der Waals surface area contributed by atoms with E-state index in [1.54, 1.807) is 11.3 Å². The second-order valence-electron chi connectivity index (χ2n) is 6.48. The van der Waals surface area contributed by atoms with Gasteiger partial charge in [0.15, 0.2) is 9.84 Å². The molecule has 6 heteroatoms. The van der Waals surface area contributed by atoms with Gasteiger partial charge in [0.05, 0.1) is 17.1 Å². The molecule has 2 aliphatic heterocycles. The normalized spacial score (nSPS) is 26.7. The Morgan fingerprint density at radius 3 is 2.52 bits per heavy atom. The summed E-state index contributed by atoms with van der Waals surface area (Å²) in [5.41, 5.74) is 0.641. The third-order valence-electron chi connectivity index (χ3n) is 4.88. The van der Waals surface area contributed by atoms with Crippen LogP contribution in [-0.2, 0) is 9.84 Å². The molecule has 1 aromatic rings. The van der Waals surface area contributed by atoms with E-state index in [1.165, 1.54) is 5.56 Å². The van der Waals surface area contributed by atoms with Crippen LogP contribution in [0, 0.1) is 0 Å². The van der Waals surface area contributed by atoms with Gasteiger partial charge in [0.2, 0.25) is 0 Å². The van der Waals surface area contributed by atoms with Crippen LogP contribution in [0.2, 0.25) is 0 Å². The van der Waals surface area contributed by atoms with Gasteiger partial charge >= 0.3 is 0 Å². The van der Waals surface area contributed by atoms with Crippen molar-refractivity contribution in [2.75, 3.05) is 31.1 Å². The van der Waals surface area contributed by atoms with Gasteiger partial charge in [-0.1, -0.05) is 0 Å². The van der Waals surface area contributed by atoms with E-state index in [2.05, 4.69) is 21.7 Å². The molecule has 0 spiro atoms. The van der Waals surface area contributed by atoms with Crippen LogP contribution in [0.15, 0.2) is 16.8 Å². The molecule has 0 amide bonds. The van der Waals surface area contributed by atoms with E-state index in [9.17, 15) is 13.5 Å². The maximum absolute atomic E-state index is 11.5. The minimum Gasteiger partial charge on any atom is -0.388 e. The summed E-state index contributed by atoms with van der Waals surface area (Å²) in [6.07, 6.45) is 3.04. The van der Waals surface area contributed by atoms with Crippen molar-refractivity contribution in [3.05, 3.63) is 22.4 Å². The molecule has 21 heavy (non-hydrogen) atoms. The predicted octanol–water partition coefficient (Wildman–Crippen LogP) is 1.87. The largest absolute Gasteiger partial charge is 0.388 e. The highest BCUT2D eigenvalue weighted by Gasteiger charge is 2.37. The lowest BCUT2D eigenvalue weighted by Gasteiger charge is -2.39. The molecular weight excluding hydrogens is 306 g/mol. The van der Waals surface area contributed by atoms with Crippen molar-refractivity contribution in [3.63, 3.8) is 0 Å². The number of nitrogens with zero attached hydrogens (tertiary/aromatic N) is 1. The maximum Gasteiger partial charge on any atom is 0.150 e. The number of sulfone groups is 1. The van der Waals surface area contributed by atoms with Gasteiger partial charge in [-0.25, -0.2) is 8.42 Å². The van der Waals surface area contributed by atoms with Crippen LogP contribution < -0.4 is 0 Å². The van der Waals surface area contributed by atoms with Gasteiger partial charge < -0.3 is 10.0 Å². The van der Waals surface area contributed by atoms with Crippen molar-refractivity contribution >= 4 is 21.2 Å². The number of aliphatic hydroxyl groups is 1. The molecule has 2 aliphatic rings. The van der Waals surface area contributed by atoms with Crippen LogP contribution in [0.4, 0.5) is 0 Å². The summed E-state index contributed by atoms with van der Waals surface area (Å²) in [6, 6.07) is 2.21. The topological polar surface area (TPSA) is 57.6 Å². The molecule has 2 fully saturated rings. The van der Waals surface area contributed by atoms with Crippen molar-refractivity contribution in [1.82, 2.24) is 4.90 Å². The maximum atomic E-state index is 11.5. The first kappa shape index (κ1) is 15.5. The van der Waals surface area contributed by atoms with Crippen molar-refractivity contribution in [1.29, 1.82) is 0 Å². The Labute approximate surface area is 130 Å². The Morgan fingerprint density at radius 1 is 1.29 bits per heavy atom. The van der Waals surface area contributed by atoms with Gasteiger partial charge in [0.25, 0.3) is 0 Å². The molecular formula is C15H23NO3S2. The lowest BCUT2D eigenvalue weighted by atomic mass is 9.89. The number of piperidine rings is 1. The van der Waals surface area contributed by atoms with Crippen LogP contribution in [-0.4, -0.2) is 55.2 Å². The molecule has 2 saturated heterocycles. The Hall–Kier alpha value is -0.430. The second-order valence-corrected chi connectivity index (χ2v) is 9.57. The van der Waals surface area contributed by atoms with Gasteiger partial charge in [-0.15, -0.1) is 0 Å². The molecule has 3 heterocycles. The van der Waals surface area contributed by atoms with Crippen LogP contribution >= 0.6 is 11.3 Å². The molecule has 0 bridgehead atoms. The van der Waals surface area contributed by atoms with E-state index in [-0.39, 0.29) is 11.5 Å². The fraction of sp³-hybridized carbons (Fsp3) is 0.733. The van der Waals surface area contributed by atoms with Gasteiger partial charge in [-0.3, -0.25) is 0 Å². The van der Waals surface area contributed by atoms with Crippen LogP contribution in [0.25, 0.3) is 0 Å². The van der Waals surface area contributed by atoms with Crippen molar-refractivity contribution < 1.29 is 13.5 Å². The van der Waals surface area contributed by atoms with Crippen molar-refractivity contribution in [2.24, 2.45) is 0 Å². The zero-order valence-electron chi connectivity index (χ0n) is 12.2. The monoisotopic (exact) mass is 329 g/mol. The summed E-state index contributed by atoms with van der Waals surface area (Å²) < 4.78 is 23.0. The van der Waals surface area contributed by atoms with Crippen molar-refractivity contribution in [2.45, 2.75) is 37.2 Å². The summed E-state index contributed by atoms with van der Waals surface area (Å²) in [6.45, 7) is 2.62.